The highest BCUT2D eigenvalue weighted by atomic mass is 16.6. The average molecular weight is 723 g/mol. The summed E-state index contributed by atoms with van der Waals surface area (Å²) in [5.41, 5.74) is 0. The second-order valence-corrected chi connectivity index (χ2v) is 16.1. The van der Waals surface area contributed by atoms with Crippen LogP contribution in [0, 0.1) is 11.8 Å². The number of hydrogen-bond acceptors (Lipinski definition) is 6. The second kappa shape index (κ2) is 38.1. The predicted molar refractivity (Wildman–Crippen MR) is 215 cm³/mol. The van der Waals surface area contributed by atoms with E-state index in [1.165, 1.54) is 128 Å². The van der Waals surface area contributed by atoms with Crippen LogP contribution in [0.4, 0.5) is 0 Å². The highest BCUT2D eigenvalue weighted by molar-refractivity contribution is 5.71. The molecular formula is C45H86O6. The number of hydrogen-bond donors (Lipinski definition) is 0. The third-order valence-corrected chi connectivity index (χ3v) is 10.3. The van der Waals surface area contributed by atoms with E-state index in [9.17, 15) is 14.4 Å². The van der Waals surface area contributed by atoms with Gasteiger partial charge in [-0.05, 0) is 31.1 Å². The van der Waals surface area contributed by atoms with Crippen molar-refractivity contribution in [2.45, 2.75) is 246 Å². The molecule has 51 heavy (non-hydrogen) atoms. The Hall–Kier alpha value is -1.59. The number of ether oxygens (including phenoxy) is 3. The minimum absolute atomic E-state index is 0.0659. The summed E-state index contributed by atoms with van der Waals surface area (Å²) in [5, 5.41) is 0. The zero-order valence-electron chi connectivity index (χ0n) is 34.7. The van der Waals surface area contributed by atoms with Crippen molar-refractivity contribution >= 4 is 17.9 Å². The minimum Gasteiger partial charge on any atom is -0.462 e. The van der Waals surface area contributed by atoms with Gasteiger partial charge in [0.1, 0.15) is 13.2 Å². The van der Waals surface area contributed by atoms with Gasteiger partial charge in [0.2, 0.25) is 0 Å². The third-order valence-electron chi connectivity index (χ3n) is 10.3. The van der Waals surface area contributed by atoms with E-state index < -0.39 is 6.10 Å². The van der Waals surface area contributed by atoms with Crippen LogP contribution in [0.3, 0.4) is 0 Å². The SMILES string of the molecule is CCCCCCCCCCCCCC(=O)O[C@@H](COC(=O)CCCCCCCCCCC(C)CC)COC(=O)CCCCCCCCCC(C)C. The van der Waals surface area contributed by atoms with Crippen LogP contribution in [0.2, 0.25) is 0 Å². The summed E-state index contributed by atoms with van der Waals surface area (Å²) in [6, 6.07) is 0. The highest BCUT2D eigenvalue weighted by Gasteiger charge is 2.19. The fraction of sp³-hybridized carbons (Fsp3) is 0.933. The van der Waals surface area contributed by atoms with Crippen LogP contribution in [0.15, 0.2) is 0 Å². The van der Waals surface area contributed by atoms with Gasteiger partial charge in [-0.2, -0.15) is 0 Å². The van der Waals surface area contributed by atoms with Crippen molar-refractivity contribution in [3.63, 3.8) is 0 Å². The number of esters is 3. The number of carbonyl (C=O) groups is 3. The normalized spacial score (nSPS) is 12.6. The first-order chi connectivity index (χ1) is 24.8. The van der Waals surface area contributed by atoms with Crippen LogP contribution in [0.1, 0.15) is 240 Å². The van der Waals surface area contributed by atoms with Crippen molar-refractivity contribution in [1.29, 1.82) is 0 Å². The van der Waals surface area contributed by atoms with Gasteiger partial charge in [0.05, 0.1) is 0 Å². The molecule has 0 aromatic heterocycles. The van der Waals surface area contributed by atoms with Crippen LogP contribution >= 0.6 is 0 Å². The van der Waals surface area contributed by atoms with E-state index >= 15 is 0 Å². The zero-order valence-corrected chi connectivity index (χ0v) is 34.7. The van der Waals surface area contributed by atoms with E-state index in [-0.39, 0.29) is 31.1 Å². The molecule has 0 heterocycles. The lowest BCUT2D eigenvalue weighted by atomic mass is 9.99. The smallest absolute Gasteiger partial charge is 0.306 e. The molecule has 0 N–H and O–H groups in total. The first-order valence-electron chi connectivity index (χ1n) is 22.3. The van der Waals surface area contributed by atoms with E-state index in [1.54, 1.807) is 0 Å². The molecule has 0 saturated heterocycles. The maximum atomic E-state index is 12.7. The summed E-state index contributed by atoms with van der Waals surface area (Å²) < 4.78 is 16.7. The van der Waals surface area contributed by atoms with E-state index in [4.69, 9.17) is 14.2 Å². The molecule has 0 amide bonds. The minimum atomic E-state index is -0.760. The molecule has 1 unspecified atom stereocenters. The lowest BCUT2D eigenvalue weighted by Gasteiger charge is -2.18. The Morgan fingerprint density at radius 2 is 0.745 bits per heavy atom. The Morgan fingerprint density at radius 1 is 0.412 bits per heavy atom. The monoisotopic (exact) mass is 723 g/mol. The molecule has 0 radical (unpaired) electrons. The standard InChI is InChI=1S/C45H86O6/c1-6-8-9-10-11-12-13-14-21-27-32-37-45(48)51-42(39-50-44(47)36-31-26-22-17-18-23-28-33-40(3)4)38-49-43(46)35-30-25-20-16-15-19-24-29-34-41(5)7-2/h40-42H,6-39H2,1-5H3/t41?,42-/m0/s1. The zero-order chi connectivity index (χ0) is 37.6. The molecule has 0 spiro atoms. The summed E-state index contributed by atoms with van der Waals surface area (Å²) in [4.78, 5) is 37.6. The molecule has 0 aromatic carbocycles. The van der Waals surface area contributed by atoms with E-state index in [2.05, 4.69) is 34.6 Å². The van der Waals surface area contributed by atoms with Crippen LogP contribution < -0.4 is 0 Å². The van der Waals surface area contributed by atoms with Gasteiger partial charge in [-0.1, -0.05) is 202 Å². The van der Waals surface area contributed by atoms with Gasteiger partial charge in [0, 0.05) is 19.3 Å². The second-order valence-electron chi connectivity index (χ2n) is 16.1. The average Bonchev–Trinajstić information content (AvgIpc) is 3.11. The van der Waals surface area contributed by atoms with Crippen LogP contribution in [-0.4, -0.2) is 37.2 Å². The van der Waals surface area contributed by atoms with Gasteiger partial charge in [-0.15, -0.1) is 0 Å². The summed E-state index contributed by atoms with van der Waals surface area (Å²) in [6.07, 6.45) is 35.1. The van der Waals surface area contributed by atoms with Gasteiger partial charge >= 0.3 is 17.9 Å². The molecule has 2 atom stereocenters. The summed E-state index contributed by atoms with van der Waals surface area (Å²) in [6.45, 7) is 11.3. The van der Waals surface area contributed by atoms with E-state index in [1.807, 2.05) is 0 Å². The molecule has 0 fully saturated rings. The summed E-state index contributed by atoms with van der Waals surface area (Å²) >= 11 is 0. The van der Waals surface area contributed by atoms with Crippen molar-refractivity contribution in [2.24, 2.45) is 11.8 Å². The van der Waals surface area contributed by atoms with Gasteiger partial charge in [-0.25, -0.2) is 0 Å². The third kappa shape index (κ3) is 38.0. The molecular weight excluding hydrogens is 636 g/mol. The summed E-state index contributed by atoms with van der Waals surface area (Å²) in [5.74, 6) is 0.766. The highest BCUT2D eigenvalue weighted by Crippen LogP contribution is 2.17. The maximum Gasteiger partial charge on any atom is 0.306 e. The Bertz CT molecular complexity index is 781. The van der Waals surface area contributed by atoms with Crippen molar-refractivity contribution < 1.29 is 28.6 Å². The van der Waals surface area contributed by atoms with Crippen LogP contribution in [-0.2, 0) is 28.6 Å². The molecule has 0 aliphatic rings. The molecule has 0 aliphatic heterocycles. The maximum absolute atomic E-state index is 12.7. The number of unbranched alkanes of at least 4 members (excludes halogenated alkanes) is 23. The Labute approximate surface area is 317 Å². The fourth-order valence-electron chi connectivity index (χ4n) is 6.54. The molecule has 302 valence electrons. The Balaban J connectivity index is 4.35. The molecule has 0 rings (SSSR count). The quantitative estimate of drug-likeness (QED) is 0.0357. The van der Waals surface area contributed by atoms with Crippen molar-refractivity contribution in [3.8, 4) is 0 Å². The lowest BCUT2D eigenvalue weighted by Crippen LogP contribution is -2.30. The van der Waals surface area contributed by atoms with Gasteiger partial charge in [-0.3, -0.25) is 14.4 Å². The predicted octanol–water partition coefficient (Wildman–Crippen LogP) is 13.8. The van der Waals surface area contributed by atoms with Gasteiger partial charge in [0.15, 0.2) is 6.10 Å². The number of carbonyl (C=O) groups excluding carboxylic acids is 3. The molecule has 0 saturated carbocycles. The topological polar surface area (TPSA) is 78.9 Å². The largest absolute Gasteiger partial charge is 0.462 e. The molecule has 0 aliphatic carbocycles. The molecule has 6 nitrogen and oxygen atoms in total. The van der Waals surface area contributed by atoms with E-state index in [0.29, 0.717) is 19.3 Å². The summed E-state index contributed by atoms with van der Waals surface area (Å²) in [7, 11) is 0. The van der Waals surface area contributed by atoms with Crippen molar-refractivity contribution in [3.05, 3.63) is 0 Å². The van der Waals surface area contributed by atoms with Gasteiger partial charge < -0.3 is 14.2 Å². The Morgan fingerprint density at radius 3 is 1.12 bits per heavy atom. The van der Waals surface area contributed by atoms with Gasteiger partial charge in [0.25, 0.3) is 0 Å². The molecule has 0 aromatic rings. The van der Waals surface area contributed by atoms with Crippen molar-refractivity contribution in [2.75, 3.05) is 13.2 Å². The number of rotatable bonds is 39. The van der Waals surface area contributed by atoms with Crippen LogP contribution in [0.5, 0.6) is 0 Å². The lowest BCUT2D eigenvalue weighted by molar-refractivity contribution is -0.167. The first-order valence-corrected chi connectivity index (χ1v) is 22.3. The molecule has 0 bridgehead atoms. The fourth-order valence-corrected chi connectivity index (χ4v) is 6.54. The van der Waals surface area contributed by atoms with Crippen molar-refractivity contribution in [1.82, 2.24) is 0 Å². The first kappa shape index (κ1) is 49.4. The Kier molecular flexibility index (Phi) is 37.0. The molecule has 6 heteroatoms. The van der Waals surface area contributed by atoms with E-state index in [0.717, 1.165) is 69.6 Å². The van der Waals surface area contributed by atoms with Crippen LogP contribution in [0.25, 0.3) is 0 Å².